The summed E-state index contributed by atoms with van der Waals surface area (Å²) in [5.41, 5.74) is 0.817. The fourth-order valence-corrected chi connectivity index (χ4v) is 11.5. The zero-order valence-corrected chi connectivity index (χ0v) is 34.5. The van der Waals surface area contributed by atoms with E-state index in [0.717, 1.165) is 66.7 Å². The highest BCUT2D eigenvalue weighted by Gasteiger charge is 2.68. The number of para-hydroxylation sites is 2. The number of aliphatic hydroxyl groups is 1. The van der Waals surface area contributed by atoms with E-state index in [1.54, 1.807) is 6.20 Å². The van der Waals surface area contributed by atoms with Gasteiger partial charge in [-0.1, -0.05) is 74.9 Å². The fourth-order valence-electron chi connectivity index (χ4n) is 10.4. The minimum absolute atomic E-state index is 0.0132. The molecule has 2 bridgehead atoms. The van der Waals surface area contributed by atoms with Gasteiger partial charge >= 0.3 is 5.97 Å². The standard InChI is InChI=1S/C43H55ClN6O5S/c1-6-41(4)23-36(42(5)28(2)15-17-43(29(3)40(41)54)18-16-34(51)39(42)43)55-38(53)27-56-35-14-10-8-12-32(35)45-37(52)26-50-25-30(46-47-50)24-48-19-21-49(22-20-48)33-13-9-7-11-31(33)44/h6-14,25,28-29,36,39-40,54H,1,15-24,26-27H2,2-5H3,(H,45,52)/t28-,29+,36-,39+,40+,41-,42+,43+/m1/s1. The van der Waals surface area contributed by atoms with E-state index in [1.165, 1.54) is 16.4 Å². The van der Waals surface area contributed by atoms with Crippen LogP contribution < -0.4 is 10.2 Å². The SMILES string of the molecule is C=C[C@]1(C)C[C@@H](OC(=O)CSc2ccccc2NC(=O)Cn2cc(CN3CCN(c4ccccc4Cl)CC3)nn2)[C@]2(C)[C@H](C)CC[C@]3(CCC(=O)[C@H]32)[C@@H](C)[C@@H]1O. The smallest absolute Gasteiger partial charge is 0.316 e. The number of piperazine rings is 1. The zero-order chi connectivity index (χ0) is 39.8. The van der Waals surface area contributed by atoms with Gasteiger partial charge in [0.25, 0.3) is 0 Å². The summed E-state index contributed by atoms with van der Waals surface area (Å²) >= 11 is 7.71. The summed E-state index contributed by atoms with van der Waals surface area (Å²) < 4.78 is 7.98. The molecule has 0 unspecified atom stereocenters. The average Bonchev–Trinajstić information content (AvgIpc) is 3.78. The Kier molecular flexibility index (Phi) is 11.8. The summed E-state index contributed by atoms with van der Waals surface area (Å²) in [7, 11) is 0. The van der Waals surface area contributed by atoms with Crippen molar-refractivity contribution in [1.29, 1.82) is 0 Å². The predicted octanol–water partition coefficient (Wildman–Crippen LogP) is 6.89. The molecule has 2 heterocycles. The maximum absolute atomic E-state index is 13.8. The monoisotopic (exact) mass is 802 g/mol. The molecule has 300 valence electrons. The molecule has 4 fully saturated rings. The number of nitrogens with zero attached hydrogens (tertiary/aromatic N) is 5. The number of hydrogen-bond acceptors (Lipinski definition) is 10. The lowest BCUT2D eigenvalue weighted by Crippen LogP contribution is -2.63. The van der Waals surface area contributed by atoms with Gasteiger partial charge in [-0.15, -0.1) is 23.4 Å². The molecule has 3 aliphatic carbocycles. The Balaban J connectivity index is 0.961. The van der Waals surface area contributed by atoms with Crippen molar-refractivity contribution in [3.05, 3.63) is 78.1 Å². The van der Waals surface area contributed by atoms with Crippen molar-refractivity contribution in [3.8, 4) is 0 Å². The summed E-state index contributed by atoms with van der Waals surface area (Å²) in [5.74, 6) is -0.640. The Morgan fingerprint density at radius 3 is 2.57 bits per heavy atom. The Bertz CT molecular complexity index is 1950. The number of hydrogen-bond donors (Lipinski definition) is 2. The Hall–Kier alpha value is -3.71. The number of aliphatic hydroxyl groups excluding tert-OH is 1. The molecule has 2 N–H and O–H groups in total. The maximum atomic E-state index is 13.8. The van der Waals surface area contributed by atoms with Gasteiger partial charge in [0.1, 0.15) is 18.4 Å². The van der Waals surface area contributed by atoms with E-state index in [2.05, 4.69) is 52.8 Å². The van der Waals surface area contributed by atoms with E-state index in [9.17, 15) is 19.5 Å². The van der Waals surface area contributed by atoms with Gasteiger partial charge in [0.05, 0.1) is 40.1 Å². The summed E-state index contributed by atoms with van der Waals surface area (Å²) in [6.45, 7) is 16.6. The second-order valence-electron chi connectivity index (χ2n) is 17.0. The number of esters is 1. The van der Waals surface area contributed by atoms with Crippen molar-refractivity contribution in [2.75, 3.05) is 42.1 Å². The van der Waals surface area contributed by atoms with Crippen LogP contribution in [0.25, 0.3) is 0 Å². The van der Waals surface area contributed by atoms with Gasteiger partial charge < -0.3 is 20.1 Å². The molecule has 4 aliphatic rings. The van der Waals surface area contributed by atoms with Crippen LogP contribution in [0.5, 0.6) is 0 Å². The molecule has 56 heavy (non-hydrogen) atoms. The zero-order valence-electron chi connectivity index (χ0n) is 33.0. The highest BCUT2D eigenvalue weighted by Crippen LogP contribution is 2.68. The van der Waals surface area contributed by atoms with Crippen molar-refractivity contribution >= 4 is 52.4 Å². The number of nitrogens with one attached hydrogen (secondary N) is 1. The van der Waals surface area contributed by atoms with E-state index in [-0.39, 0.29) is 47.2 Å². The largest absolute Gasteiger partial charge is 0.461 e. The lowest BCUT2D eigenvalue weighted by molar-refractivity contribution is -0.205. The third-order valence-electron chi connectivity index (χ3n) is 13.9. The van der Waals surface area contributed by atoms with Crippen LogP contribution in [-0.2, 0) is 32.2 Å². The summed E-state index contributed by atoms with van der Waals surface area (Å²) in [6.07, 6.45) is 5.75. The van der Waals surface area contributed by atoms with Crippen LogP contribution >= 0.6 is 23.4 Å². The number of aromatic nitrogens is 3. The number of halogens is 1. The van der Waals surface area contributed by atoms with E-state index in [0.29, 0.717) is 25.1 Å². The third-order valence-corrected chi connectivity index (χ3v) is 15.3. The third kappa shape index (κ3) is 7.66. The quantitative estimate of drug-likeness (QED) is 0.120. The van der Waals surface area contributed by atoms with E-state index < -0.39 is 29.0 Å². The van der Waals surface area contributed by atoms with Crippen LogP contribution in [0.4, 0.5) is 11.4 Å². The number of rotatable bonds is 11. The van der Waals surface area contributed by atoms with Crippen molar-refractivity contribution in [2.45, 2.75) is 90.0 Å². The minimum atomic E-state index is -0.719. The average molecular weight is 803 g/mol. The molecular formula is C43H55ClN6O5S. The first-order valence-corrected chi connectivity index (χ1v) is 21.3. The number of ketones is 1. The normalized spacial score (nSPS) is 31.9. The highest BCUT2D eigenvalue weighted by molar-refractivity contribution is 8.00. The first kappa shape index (κ1) is 40.5. The topological polar surface area (TPSA) is 130 Å². The van der Waals surface area contributed by atoms with Gasteiger partial charge in [0, 0.05) is 60.8 Å². The molecule has 3 aromatic rings. The van der Waals surface area contributed by atoms with E-state index in [1.807, 2.05) is 61.5 Å². The number of benzene rings is 2. The summed E-state index contributed by atoms with van der Waals surface area (Å²) in [4.78, 5) is 46.1. The first-order valence-electron chi connectivity index (χ1n) is 19.9. The van der Waals surface area contributed by atoms with Gasteiger partial charge in [-0.05, 0) is 67.2 Å². The molecule has 7 rings (SSSR count). The van der Waals surface area contributed by atoms with Gasteiger partial charge in [0.15, 0.2) is 0 Å². The van der Waals surface area contributed by atoms with Crippen molar-refractivity contribution < 1.29 is 24.2 Å². The Morgan fingerprint density at radius 1 is 1.09 bits per heavy atom. The number of anilines is 2. The molecule has 3 saturated carbocycles. The number of ether oxygens (including phenoxy) is 1. The van der Waals surface area contributed by atoms with Crippen molar-refractivity contribution in [3.63, 3.8) is 0 Å². The van der Waals surface area contributed by atoms with Crippen LogP contribution in [0.2, 0.25) is 5.02 Å². The number of thioether (sulfide) groups is 1. The second-order valence-corrected chi connectivity index (χ2v) is 18.4. The van der Waals surface area contributed by atoms with Crippen LogP contribution in [0, 0.1) is 34.0 Å². The highest BCUT2D eigenvalue weighted by atomic mass is 35.5. The Morgan fingerprint density at radius 2 is 1.82 bits per heavy atom. The lowest BCUT2D eigenvalue weighted by atomic mass is 9.44. The predicted molar refractivity (Wildman–Crippen MR) is 219 cm³/mol. The molecule has 1 amide bonds. The molecule has 1 saturated heterocycles. The van der Waals surface area contributed by atoms with Gasteiger partial charge in [-0.3, -0.25) is 19.3 Å². The number of carbonyl (C=O) groups is 3. The molecular weight excluding hydrogens is 748 g/mol. The number of amides is 1. The second kappa shape index (κ2) is 16.3. The van der Waals surface area contributed by atoms with Gasteiger partial charge in [0.2, 0.25) is 5.91 Å². The van der Waals surface area contributed by atoms with Crippen LogP contribution in [0.15, 0.2) is 72.3 Å². The summed E-state index contributed by atoms with van der Waals surface area (Å²) in [5, 5.41) is 24.1. The van der Waals surface area contributed by atoms with Gasteiger partial charge in [-0.2, -0.15) is 0 Å². The number of carbonyl (C=O) groups excluding carboxylic acids is 3. The van der Waals surface area contributed by atoms with Crippen LogP contribution in [-0.4, -0.2) is 86.8 Å². The first-order chi connectivity index (χ1) is 26.8. The molecule has 11 nitrogen and oxygen atoms in total. The van der Waals surface area contributed by atoms with Crippen molar-refractivity contribution in [1.82, 2.24) is 19.9 Å². The lowest BCUT2D eigenvalue weighted by Gasteiger charge is -2.61. The maximum Gasteiger partial charge on any atom is 0.316 e. The molecule has 1 aromatic heterocycles. The molecule has 0 radical (unpaired) electrons. The minimum Gasteiger partial charge on any atom is -0.461 e. The fraction of sp³-hybridized carbons (Fsp3) is 0.558. The van der Waals surface area contributed by atoms with Crippen molar-refractivity contribution in [2.24, 2.45) is 34.0 Å². The summed E-state index contributed by atoms with van der Waals surface area (Å²) in [6, 6.07) is 15.3. The number of Topliss-reactive ketones (excluding diaryl/α,β-unsaturated/α-hetero) is 1. The molecule has 8 atom stereocenters. The Labute approximate surface area is 339 Å². The van der Waals surface area contributed by atoms with Crippen LogP contribution in [0.1, 0.15) is 65.5 Å². The van der Waals surface area contributed by atoms with E-state index in [4.69, 9.17) is 16.3 Å². The van der Waals surface area contributed by atoms with Crippen LogP contribution in [0.3, 0.4) is 0 Å². The molecule has 2 aromatic carbocycles. The molecule has 1 aliphatic heterocycles. The molecule has 0 spiro atoms. The molecule has 13 heteroatoms. The van der Waals surface area contributed by atoms with Gasteiger partial charge in [-0.25, -0.2) is 4.68 Å². The van der Waals surface area contributed by atoms with E-state index >= 15 is 0 Å².